The van der Waals surface area contributed by atoms with E-state index in [2.05, 4.69) is 4.90 Å². The van der Waals surface area contributed by atoms with Crippen LogP contribution in [0.4, 0.5) is 0 Å². The number of esters is 1. The summed E-state index contributed by atoms with van der Waals surface area (Å²) in [6, 6.07) is 10.6. The molecule has 1 aliphatic rings. The van der Waals surface area contributed by atoms with Crippen molar-refractivity contribution in [2.45, 2.75) is 6.92 Å². The molecular formula is C29H37ClN2O7. The fraction of sp³-hybridized carbons (Fsp3) is 0.379. The minimum Gasteiger partial charge on any atom is -0.497 e. The van der Waals surface area contributed by atoms with Crippen LogP contribution in [0.1, 0.15) is 18.1 Å². The van der Waals surface area contributed by atoms with Crippen LogP contribution in [0.5, 0.6) is 23.0 Å². The number of amides is 1. The Morgan fingerprint density at radius 2 is 1.21 bits per heavy atom. The lowest BCUT2D eigenvalue weighted by atomic mass is 9.92. The molecule has 39 heavy (non-hydrogen) atoms. The van der Waals surface area contributed by atoms with Gasteiger partial charge in [-0.2, -0.15) is 0 Å². The van der Waals surface area contributed by atoms with Crippen molar-refractivity contribution in [2.75, 3.05) is 68.8 Å². The highest BCUT2D eigenvalue weighted by Crippen LogP contribution is 2.33. The molecule has 1 amide bonds. The number of carbonyl (C=O) groups is 2. The summed E-state index contributed by atoms with van der Waals surface area (Å²) in [6.07, 6.45) is 1.68. The molecule has 0 unspecified atom stereocenters. The largest absolute Gasteiger partial charge is 0.497 e. The zero-order valence-corrected chi connectivity index (χ0v) is 24.3. The van der Waals surface area contributed by atoms with Crippen LogP contribution in [0.3, 0.4) is 0 Å². The zero-order chi connectivity index (χ0) is 27.8. The van der Waals surface area contributed by atoms with Gasteiger partial charge in [0.25, 0.3) is 5.91 Å². The van der Waals surface area contributed by atoms with E-state index in [0.717, 1.165) is 13.1 Å². The van der Waals surface area contributed by atoms with E-state index in [0.29, 0.717) is 52.8 Å². The van der Waals surface area contributed by atoms with Crippen molar-refractivity contribution in [2.24, 2.45) is 0 Å². The molecule has 0 radical (unpaired) electrons. The molecule has 0 N–H and O–H groups in total. The van der Waals surface area contributed by atoms with Gasteiger partial charge in [0.05, 0.1) is 46.7 Å². The topological polar surface area (TPSA) is 86.8 Å². The SMILES string of the molecule is COC(=O)C(=C(/C)c1cc(OC)cc(OC)c1)/C(=C\c1cc(OC)cc(OC)c1)C(=O)N1CCN(C)CC1.Cl. The Labute approximate surface area is 236 Å². The molecule has 0 aromatic heterocycles. The molecular weight excluding hydrogens is 524 g/mol. The highest BCUT2D eigenvalue weighted by molar-refractivity contribution is 6.16. The molecule has 1 fully saturated rings. The standard InChI is InChI=1S/C29H36N2O7.ClH/c1-19(21-15-24(36-5)18-25(16-21)37-6)27(29(33)38-7)26(28(32)31-10-8-30(2)9-11-31)14-20-12-22(34-3)17-23(13-20)35-4;/h12-18H,8-11H2,1-7H3;1H/b26-14+,27-19-;. The van der Waals surface area contributed by atoms with Crippen molar-refractivity contribution < 1.29 is 33.3 Å². The summed E-state index contributed by atoms with van der Waals surface area (Å²) in [6.45, 7) is 4.31. The lowest BCUT2D eigenvalue weighted by Crippen LogP contribution is -2.48. The Balaban J connectivity index is 0.00000533. The van der Waals surface area contributed by atoms with E-state index in [1.807, 2.05) is 7.05 Å². The van der Waals surface area contributed by atoms with Gasteiger partial charge < -0.3 is 33.5 Å². The Kier molecular flexibility index (Phi) is 11.7. The number of ether oxygens (including phenoxy) is 5. The molecule has 9 nitrogen and oxygen atoms in total. The number of nitrogens with zero attached hydrogens (tertiary/aromatic N) is 2. The predicted molar refractivity (Wildman–Crippen MR) is 153 cm³/mol. The van der Waals surface area contributed by atoms with Crippen LogP contribution in [-0.4, -0.2) is 90.5 Å². The lowest BCUT2D eigenvalue weighted by molar-refractivity contribution is -0.137. The van der Waals surface area contributed by atoms with E-state index in [4.69, 9.17) is 23.7 Å². The fourth-order valence-corrected chi connectivity index (χ4v) is 4.24. The number of methoxy groups -OCH3 is 5. The van der Waals surface area contributed by atoms with Gasteiger partial charge in [-0.05, 0) is 61.0 Å². The van der Waals surface area contributed by atoms with Crippen molar-refractivity contribution in [1.82, 2.24) is 9.80 Å². The number of allylic oxidation sites excluding steroid dienone is 1. The maximum Gasteiger partial charge on any atom is 0.338 e. The normalized spacial score (nSPS) is 14.5. The number of likely N-dealkylation sites (N-methyl/N-ethyl adjacent to an activating group) is 1. The molecule has 1 heterocycles. The molecule has 0 saturated carbocycles. The van der Waals surface area contributed by atoms with Gasteiger partial charge in [0.2, 0.25) is 0 Å². The van der Waals surface area contributed by atoms with Crippen molar-refractivity contribution in [3.8, 4) is 23.0 Å². The van der Waals surface area contributed by atoms with Gasteiger partial charge in [-0.25, -0.2) is 4.79 Å². The average molecular weight is 561 g/mol. The van der Waals surface area contributed by atoms with Crippen LogP contribution in [-0.2, 0) is 14.3 Å². The zero-order valence-electron chi connectivity index (χ0n) is 23.5. The van der Waals surface area contributed by atoms with Gasteiger partial charge in [0.1, 0.15) is 23.0 Å². The smallest absolute Gasteiger partial charge is 0.338 e. The number of carbonyl (C=O) groups excluding carboxylic acids is 2. The molecule has 0 spiro atoms. The minimum atomic E-state index is -0.632. The molecule has 0 bridgehead atoms. The molecule has 0 aliphatic carbocycles. The highest BCUT2D eigenvalue weighted by Gasteiger charge is 2.30. The third-order valence-electron chi connectivity index (χ3n) is 6.52. The number of benzene rings is 2. The summed E-state index contributed by atoms with van der Waals surface area (Å²) < 4.78 is 26.9. The van der Waals surface area contributed by atoms with E-state index < -0.39 is 5.97 Å². The van der Waals surface area contributed by atoms with Gasteiger partial charge in [-0.3, -0.25) is 4.79 Å². The van der Waals surface area contributed by atoms with Crippen LogP contribution >= 0.6 is 12.4 Å². The first-order chi connectivity index (χ1) is 18.2. The van der Waals surface area contributed by atoms with Gasteiger partial charge >= 0.3 is 5.97 Å². The van der Waals surface area contributed by atoms with E-state index in [1.165, 1.54) is 7.11 Å². The third-order valence-corrected chi connectivity index (χ3v) is 6.52. The molecule has 10 heteroatoms. The van der Waals surface area contributed by atoms with Gasteiger partial charge in [-0.1, -0.05) is 0 Å². The quantitative estimate of drug-likeness (QED) is 0.259. The molecule has 0 atom stereocenters. The van der Waals surface area contributed by atoms with Crippen LogP contribution < -0.4 is 18.9 Å². The highest BCUT2D eigenvalue weighted by atomic mass is 35.5. The lowest BCUT2D eigenvalue weighted by Gasteiger charge is -2.33. The summed E-state index contributed by atoms with van der Waals surface area (Å²) in [5.41, 5.74) is 2.18. The Morgan fingerprint density at radius 3 is 1.64 bits per heavy atom. The average Bonchev–Trinajstić information content (AvgIpc) is 2.95. The van der Waals surface area contributed by atoms with E-state index in [-0.39, 0.29) is 29.5 Å². The molecule has 1 saturated heterocycles. The fourth-order valence-electron chi connectivity index (χ4n) is 4.24. The summed E-state index contributed by atoms with van der Waals surface area (Å²) >= 11 is 0. The first kappa shape index (κ1) is 31.5. The van der Waals surface area contributed by atoms with Crippen LogP contribution in [0.25, 0.3) is 11.6 Å². The summed E-state index contributed by atoms with van der Waals surface area (Å²) in [4.78, 5) is 31.3. The number of halogens is 1. The first-order valence-corrected chi connectivity index (χ1v) is 12.2. The van der Waals surface area contributed by atoms with Crippen molar-refractivity contribution >= 4 is 35.9 Å². The molecule has 1 aliphatic heterocycles. The second-order valence-electron chi connectivity index (χ2n) is 8.89. The van der Waals surface area contributed by atoms with E-state index in [1.54, 1.807) is 82.7 Å². The number of rotatable bonds is 9. The van der Waals surface area contributed by atoms with Crippen molar-refractivity contribution in [1.29, 1.82) is 0 Å². The van der Waals surface area contributed by atoms with E-state index >= 15 is 0 Å². The van der Waals surface area contributed by atoms with Gasteiger partial charge in [0, 0.05) is 38.3 Å². The van der Waals surface area contributed by atoms with Crippen molar-refractivity contribution in [3.63, 3.8) is 0 Å². The number of hydrogen-bond acceptors (Lipinski definition) is 8. The minimum absolute atomic E-state index is 0. The molecule has 2 aromatic carbocycles. The van der Waals surface area contributed by atoms with Crippen LogP contribution in [0.15, 0.2) is 47.5 Å². The second kappa shape index (κ2) is 14.5. The Morgan fingerprint density at radius 1 is 0.744 bits per heavy atom. The van der Waals surface area contributed by atoms with Crippen LogP contribution in [0.2, 0.25) is 0 Å². The van der Waals surface area contributed by atoms with Gasteiger partial charge in [0.15, 0.2) is 0 Å². The van der Waals surface area contributed by atoms with Crippen molar-refractivity contribution in [3.05, 3.63) is 58.7 Å². The Bertz CT molecular complexity index is 1190. The van der Waals surface area contributed by atoms with Crippen LogP contribution in [0, 0.1) is 0 Å². The van der Waals surface area contributed by atoms with Gasteiger partial charge in [-0.15, -0.1) is 12.4 Å². The van der Waals surface area contributed by atoms with E-state index in [9.17, 15) is 9.59 Å². The monoisotopic (exact) mass is 560 g/mol. The second-order valence-corrected chi connectivity index (χ2v) is 8.89. The molecule has 212 valence electrons. The summed E-state index contributed by atoms with van der Waals surface area (Å²) in [5, 5.41) is 0. The maximum atomic E-state index is 14.0. The number of piperazine rings is 1. The molecule has 3 rings (SSSR count). The number of hydrogen-bond donors (Lipinski definition) is 0. The third kappa shape index (κ3) is 7.68. The first-order valence-electron chi connectivity index (χ1n) is 12.2. The summed E-state index contributed by atoms with van der Waals surface area (Å²) in [5.74, 6) is 1.31. The predicted octanol–water partition coefficient (Wildman–Crippen LogP) is 3.95. The summed E-state index contributed by atoms with van der Waals surface area (Å²) in [7, 11) is 9.53. The Hall–Kier alpha value is -3.69. The maximum absolute atomic E-state index is 14.0. The molecule has 2 aromatic rings.